The van der Waals surface area contributed by atoms with Crippen LogP contribution in [-0.2, 0) is 0 Å². The SMILES string of the molecule is Fc1ccc(Br)c(Oc2nc(Cl)nc(-n3ccnc3)n2)c1. The first-order chi connectivity index (χ1) is 10.1. The normalized spacial score (nSPS) is 10.6. The summed E-state index contributed by atoms with van der Waals surface area (Å²) in [5.41, 5.74) is 0. The van der Waals surface area contributed by atoms with Crippen molar-refractivity contribution >= 4 is 27.5 Å². The molecule has 0 aliphatic heterocycles. The maximum atomic E-state index is 13.2. The summed E-state index contributed by atoms with van der Waals surface area (Å²) in [4.78, 5) is 15.8. The Kier molecular flexibility index (Phi) is 3.80. The van der Waals surface area contributed by atoms with E-state index in [9.17, 15) is 4.39 Å². The molecule has 0 aliphatic rings. The van der Waals surface area contributed by atoms with E-state index in [4.69, 9.17) is 16.3 Å². The third-order valence-corrected chi connectivity index (χ3v) is 3.23. The second-order valence-corrected chi connectivity index (χ2v) is 5.03. The van der Waals surface area contributed by atoms with E-state index < -0.39 is 5.82 Å². The van der Waals surface area contributed by atoms with Crippen molar-refractivity contribution in [1.82, 2.24) is 24.5 Å². The molecule has 0 saturated heterocycles. The van der Waals surface area contributed by atoms with Crippen molar-refractivity contribution < 1.29 is 9.13 Å². The van der Waals surface area contributed by atoms with Crippen LogP contribution in [0, 0.1) is 5.82 Å². The highest BCUT2D eigenvalue weighted by molar-refractivity contribution is 9.10. The number of hydrogen-bond acceptors (Lipinski definition) is 5. The molecule has 0 unspecified atom stereocenters. The van der Waals surface area contributed by atoms with Crippen LogP contribution in [0.5, 0.6) is 11.8 Å². The molecule has 0 N–H and O–H groups in total. The lowest BCUT2D eigenvalue weighted by Gasteiger charge is -2.07. The zero-order chi connectivity index (χ0) is 14.8. The number of benzene rings is 1. The van der Waals surface area contributed by atoms with E-state index in [1.54, 1.807) is 17.0 Å². The number of ether oxygens (including phenoxy) is 1. The molecule has 0 spiro atoms. The highest BCUT2D eigenvalue weighted by Crippen LogP contribution is 2.29. The molecule has 9 heteroatoms. The lowest BCUT2D eigenvalue weighted by atomic mass is 10.3. The van der Waals surface area contributed by atoms with E-state index in [0.29, 0.717) is 4.47 Å². The van der Waals surface area contributed by atoms with Crippen molar-refractivity contribution in [1.29, 1.82) is 0 Å². The average molecular weight is 371 g/mol. The number of nitrogens with zero attached hydrogens (tertiary/aromatic N) is 5. The van der Waals surface area contributed by atoms with Crippen molar-refractivity contribution in [2.45, 2.75) is 0 Å². The van der Waals surface area contributed by atoms with Gasteiger partial charge in [0, 0.05) is 18.5 Å². The van der Waals surface area contributed by atoms with Gasteiger partial charge >= 0.3 is 6.01 Å². The summed E-state index contributed by atoms with van der Waals surface area (Å²) in [6, 6.07) is 3.97. The van der Waals surface area contributed by atoms with Crippen LogP contribution >= 0.6 is 27.5 Å². The van der Waals surface area contributed by atoms with Gasteiger partial charge in [0.25, 0.3) is 0 Å². The zero-order valence-corrected chi connectivity index (χ0v) is 12.6. The molecule has 3 aromatic rings. The van der Waals surface area contributed by atoms with Crippen LogP contribution in [0.4, 0.5) is 4.39 Å². The molecule has 3 rings (SSSR count). The minimum absolute atomic E-state index is 0.0452. The number of imidazole rings is 1. The lowest BCUT2D eigenvalue weighted by molar-refractivity contribution is 0.432. The predicted molar refractivity (Wildman–Crippen MR) is 76.1 cm³/mol. The molecule has 0 amide bonds. The summed E-state index contributed by atoms with van der Waals surface area (Å²) in [7, 11) is 0. The molecular weight excluding hydrogens is 365 g/mol. The summed E-state index contributed by atoms with van der Waals surface area (Å²) in [5, 5.41) is -0.0452. The first kappa shape index (κ1) is 13.9. The molecule has 0 saturated carbocycles. The van der Waals surface area contributed by atoms with Crippen molar-refractivity contribution in [2.75, 3.05) is 0 Å². The largest absolute Gasteiger partial charge is 0.423 e. The Morgan fingerprint density at radius 1 is 1.24 bits per heavy atom. The molecule has 106 valence electrons. The third kappa shape index (κ3) is 3.17. The first-order valence-electron chi connectivity index (χ1n) is 5.64. The summed E-state index contributed by atoms with van der Waals surface area (Å²) in [6.07, 6.45) is 4.72. The molecule has 2 heterocycles. The smallest absolute Gasteiger partial charge is 0.328 e. The van der Waals surface area contributed by atoms with Gasteiger partial charge in [0.1, 0.15) is 17.9 Å². The minimum Gasteiger partial charge on any atom is -0.423 e. The van der Waals surface area contributed by atoms with E-state index in [-0.39, 0.29) is 23.0 Å². The fourth-order valence-corrected chi connectivity index (χ4v) is 1.99. The molecular formula is C12H6BrClFN5O. The summed E-state index contributed by atoms with van der Waals surface area (Å²) < 4.78 is 20.8. The van der Waals surface area contributed by atoms with Crippen LogP contribution in [-0.4, -0.2) is 24.5 Å². The Bertz CT molecular complexity index is 783. The topological polar surface area (TPSA) is 65.7 Å². The molecule has 0 aliphatic carbocycles. The molecule has 2 aromatic heterocycles. The third-order valence-electron chi connectivity index (χ3n) is 2.41. The molecule has 0 bridgehead atoms. The summed E-state index contributed by atoms with van der Waals surface area (Å²) in [6.45, 7) is 0. The van der Waals surface area contributed by atoms with Crippen LogP contribution < -0.4 is 4.74 Å². The van der Waals surface area contributed by atoms with E-state index in [0.717, 1.165) is 0 Å². The Labute approximate surface area is 131 Å². The average Bonchev–Trinajstić information content (AvgIpc) is 2.96. The monoisotopic (exact) mass is 369 g/mol. The number of rotatable bonds is 3. The maximum absolute atomic E-state index is 13.2. The first-order valence-corrected chi connectivity index (χ1v) is 6.82. The molecule has 6 nitrogen and oxygen atoms in total. The number of aromatic nitrogens is 5. The maximum Gasteiger partial charge on any atom is 0.328 e. The van der Waals surface area contributed by atoms with Gasteiger partial charge in [-0.3, -0.25) is 4.57 Å². The second-order valence-electron chi connectivity index (χ2n) is 3.83. The minimum atomic E-state index is -0.441. The van der Waals surface area contributed by atoms with E-state index in [2.05, 4.69) is 35.9 Å². The van der Waals surface area contributed by atoms with Gasteiger partial charge in [-0.2, -0.15) is 15.0 Å². The van der Waals surface area contributed by atoms with Crippen molar-refractivity contribution in [3.8, 4) is 17.7 Å². The van der Waals surface area contributed by atoms with Gasteiger partial charge in [0.15, 0.2) is 0 Å². The second kappa shape index (κ2) is 5.74. The van der Waals surface area contributed by atoms with Crippen LogP contribution in [0.3, 0.4) is 0 Å². The Hall–Kier alpha value is -2.06. The molecule has 0 atom stereocenters. The molecule has 1 aromatic carbocycles. The summed E-state index contributed by atoms with van der Waals surface area (Å²) in [5.74, 6) is 0.0343. The fraction of sp³-hybridized carbons (Fsp3) is 0. The standard InChI is InChI=1S/C12H6BrClFN5O/c13-8-2-1-7(15)5-9(8)21-12-18-10(14)17-11(19-12)20-4-3-16-6-20/h1-6H. The van der Waals surface area contributed by atoms with Crippen LogP contribution in [0.1, 0.15) is 0 Å². The van der Waals surface area contributed by atoms with Gasteiger partial charge in [-0.15, -0.1) is 0 Å². The van der Waals surface area contributed by atoms with Crippen LogP contribution in [0.15, 0.2) is 41.4 Å². The van der Waals surface area contributed by atoms with E-state index in [1.165, 1.54) is 24.5 Å². The Morgan fingerprint density at radius 3 is 2.86 bits per heavy atom. The van der Waals surface area contributed by atoms with Crippen molar-refractivity contribution in [3.63, 3.8) is 0 Å². The van der Waals surface area contributed by atoms with Crippen molar-refractivity contribution in [2.24, 2.45) is 0 Å². The quantitative estimate of drug-likeness (QED) is 0.707. The van der Waals surface area contributed by atoms with E-state index >= 15 is 0 Å². The van der Waals surface area contributed by atoms with Gasteiger partial charge in [0.2, 0.25) is 11.2 Å². The lowest BCUT2D eigenvalue weighted by Crippen LogP contribution is -2.03. The molecule has 21 heavy (non-hydrogen) atoms. The fourth-order valence-electron chi connectivity index (χ4n) is 1.51. The van der Waals surface area contributed by atoms with Crippen molar-refractivity contribution in [3.05, 3.63) is 52.5 Å². The number of hydrogen-bond donors (Lipinski definition) is 0. The van der Waals surface area contributed by atoms with Gasteiger partial charge in [-0.1, -0.05) is 0 Å². The Morgan fingerprint density at radius 2 is 2.10 bits per heavy atom. The van der Waals surface area contributed by atoms with Gasteiger partial charge in [0.05, 0.1) is 4.47 Å². The predicted octanol–water partition coefficient (Wildman–Crippen LogP) is 3.40. The van der Waals surface area contributed by atoms with Crippen LogP contribution in [0.2, 0.25) is 5.28 Å². The molecule has 0 fully saturated rings. The zero-order valence-electron chi connectivity index (χ0n) is 10.2. The van der Waals surface area contributed by atoms with Gasteiger partial charge < -0.3 is 4.74 Å². The van der Waals surface area contributed by atoms with E-state index in [1.807, 2.05) is 0 Å². The number of halogens is 3. The highest BCUT2D eigenvalue weighted by Gasteiger charge is 2.11. The summed E-state index contributed by atoms with van der Waals surface area (Å²) >= 11 is 9.10. The highest BCUT2D eigenvalue weighted by atomic mass is 79.9. The van der Waals surface area contributed by atoms with Crippen LogP contribution in [0.25, 0.3) is 5.95 Å². The van der Waals surface area contributed by atoms with Gasteiger partial charge in [-0.05, 0) is 39.7 Å². The van der Waals surface area contributed by atoms with Gasteiger partial charge in [-0.25, -0.2) is 9.37 Å². The Balaban J connectivity index is 1.97. The molecule has 0 radical (unpaired) electrons.